The van der Waals surface area contributed by atoms with Crippen molar-refractivity contribution in [3.8, 4) is 5.75 Å². The van der Waals surface area contributed by atoms with Crippen molar-refractivity contribution in [2.45, 2.75) is 20.3 Å². The van der Waals surface area contributed by atoms with E-state index in [1.54, 1.807) is 6.08 Å². The maximum Gasteiger partial charge on any atom is 0.248 e. The lowest BCUT2D eigenvalue weighted by Gasteiger charge is -2.04. The summed E-state index contributed by atoms with van der Waals surface area (Å²) in [4.78, 5) is 11.9. The first-order valence-electron chi connectivity index (χ1n) is 7.52. The molecule has 3 heteroatoms. The van der Waals surface area contributed by atoms with Crippen LogP contribution in [0, 0.1) is 0 Å². The lowest BCUT2D eigenvalue weighted by atomic mass is 10.1. The van der Waals surface area contributed by atoms with E-state index in [0.29, 0.717) is 6.61 Å². The Bertz CT molecular complexity index is 627. The highest BCUT2D eigenvalue weighted by molar-refractivity contribution is 6.01. The van der Waals surface area contributed by atoms with Gasteiger partial charge in [-0.2, -0.15) is 0 Å². The molecule has 1 amide bonds. The van der Waals surface area contributed by atoms with Crippen LogP contribution < -0.4 is 10.1 Å². The van der Waals surface area contributed by atoms with Crippen LogP contribution in [0.5, 0.6) is 5.75 Å². The first kappa shape index (κ1) is 15.8. The van der Waals surface area contributed by atoms with E-state index in [4.69, 9.17) is 4.74 Å². The molecule has 3 nitrogen and oxygen atoms in total. The summed E-state index contributed by atoms with van der Waals surface area (Å²) in [7, 11) is 0. The average Bonchev–Trinajstić information content (AvgIpc) is 2.55. The number of hydrogen-bond acceptors (Lipinski definition) is 2. The van der Waals surface area contributed by atoms with Gasteiger partial charge < -0.3 is 10.1 Å². The molecule has 0 spiro atoms. The van der Waals surface area contributed by atoms with Crippen molar-refractivity contribution in [2.75, 3.05) is 11.9 Å². The number of hydrogen-bond donors (Lipinski definition) is 1. The van der Waals surface area contributed by atoms with Gasteiger partial charge in [0.05, 0.1) is 6.61 Å². The summed E-state index contributed by atoms with van der Waals surface area (Å²) >= 11 is 0. The van der Waals surface area contributed by atoms with Crippen molar-refractivity contribution in [1.82, 2.24) is 0 Å². The molecule has 0 fully saturated rings. The Morgan fingerprint density at radius 3 is 2.32 bits per heavy atom. The summed E-state index contributed by atoms with van der Waals surface area (Å²) in [6.07, 6.45) is 4.31. The van der Waals surface area contributed by atoms with Crippen molar-refractivity contribution >= 4 is 17.7 Å². The Labute approximate surface area is 131 Å². The topological polar surface area (TPSA) is 38.3 Å². The number of benzene rings is 2. The van der Waals surface area contributed by atoms with Gasteiger partial charge in [-0.1, -0.05) is 31.2 Å². The first-order chi connectivity index (χ1) is 10.7. The van der Waals surface area contributed by atoms with E-state index in [0.717, 1.165) is 23.4 Å². The van der Waals surface area contributed by atoms with Gasteiger partial charge >= 0.3 is 0 Å². The lowest BCUT2D eigenvalue weighted by Crippen LogP contribution is -2.07. The quantitative estimate of drug-likeness (QED) is 0.807. The van der Waals surface area contributed by atoms with Gasteiger partial charge in [0.15, 0.2) is 0 Å². The largest absolute Gasteiger partial charge is 0.494 e. The van der Waals surface area contributed by atoms with Crippen molar-refractivity contribution in [3.63, 3.8) is 0 Å². The molecule has 0 radical (unpaired) electrons. The molecule has 0 aromatic heterocycles. The van der Waals surface area contributed by atoms with Gasteiger partial charge in [0, 0.05) is 11.8 Å². The van der Waals surface area contributed by atoms with Gasteiger partial charge in [-0.15, -0.1) is 0 Å². The maximum absolute atomic E-state index is 11.9. The fourth-order valence-electron chi connectivity index (χ4n) is 2.02. The zero-order valence-corrected chi connectivity index (χ0v) is 13.0. The Morgan fingerprint density at radius 2 is 1.73 bits per heavy atom. The SMILES string of the molecule is CCOc1ccc(/C=C/C(=O)Nc2ccc(CC)cc2)cc1. The normalized spacial score (nSPS) is 10.6. The van der Waals surface area contributed by atoms with Crippen LogP contribution in [-0.4, -0.2) is 12.5 Å². The van der Waals surface area contributed by atoms with E-state index in [2.05, 4.69) is 12.2 Å². The Balaban J connectivity index is 1.92. The fourth-order valence-corrected chi connectivity index (χ4v) is 2.02. The van der Waals surface area contributed by atoms with Gasteiger partial charge in [0.2, 0.25) is 5.91 Å². The predicted molar refractivity (Wildman–Crippen MR) is 91.1 cm³/mol. The summed E-state index contributed by atoms with van der Waals surface area (Å²) in [6, 6.07) is 15.5. The number of nitrogens with one attached hydrogen (secondary N) is 1. The molecule has 1 N–H and O–H groups in total. The standard InChI is InChI=1S/C19H21NO2/c1-3-15-5-10-17(11-6-15)20-19(21)14-9-16-7-12-18(13-8-16)22-4-2/h5-14H,3-4H2,1-2H3,(H,20,21)/b14-9+. The zero-order chi connectivity index (χ0) is 15.8. The van der Waals surface area contributed by atoms with Crippen LogP contribution in [0.25, 0.3) is 6.08 Å². The van der Waals surface area contributed by atoms with Crippen molar-refractivity contribution in [3.05, 3.63) is 65.7 Å². The number of amides is 1. The third-order valence-corrected chi connectivity index (χ3v) is 3.25. The van der Waals surface area contributed by atoms with Gasteiger partial charge in [0.25, 0.3) is 0 Å². The van der Waals surface area contributed by atoms with Crippen LogP contribution in [0.4, 0.5) is 5.69 Å². The molecule has 22 heavy (non-hydrogen) atoms. The van der Waals surface area contributed by atoms with Gasteiger partial charge in [-0.25, -0.2) is 0 Å². The third kappa shape index (κ3) is 4.77. The summed E-state index contributed by atoms with van der Waals surface area (Å²) in [5, 5.41) is 2.84. The summed E-state index contributed by atoms with van der Waals surface area (Å²) in [5.41, 5.74) is 3.02. The Hall–Kier alpha value is -2.55. The number of aryl methyl sites for hydroxylation is 1. The summed E-state index contributed by atoms with van der Waals surface area (Å²) < 4.78 is 5.38. The van der Waals surface area contributed by atoms with Crippen LogP contribution in [0.15, 0.2) is 54.6 Å². The molecular weight excluding hydrogens is 274 g/mol. The number of carbonyl (C=O) groups is 1. The first-order valence-corrected chi connectivity index (χ1v) is 7.52. The second-order valence-electron chi connectivity index (χ2n) is 4.88. The van der Waals surface area contributed by atoms with Gasteiger partial charge in [-0.05, 0) is 54.8 Å². The number of anilines is 1. The van der Waals surface area contributed by atoms with E-state index in [-0.39, 0.29) is 5.91 Å². The van der Waals surface area contributed by atoms with Gasteiger partial charge in [-0.3, -0.25) is 4.79 Å². The molecule has 2 rings (SSSR count). The predicted octanol–water partition coefficient (Wildman–Crippen LogP) is 4.30. The molecule has 0 atom stereocenters. The third-order valence-electron chi connectivity index (χ3n) is 3.25. The van der Waals surface area contributed by atoms with Gasteiger partial charge in [0.1, 0.15) is 5.75 Å². The minimum atomic E-state index is -0.141. The number of rotatable bonds is 6. The average molecular weight is 295 g/mol. The fraction of sp³-hybridized carbons (Fsp3) is 0.211. The molecule has 0 aliphatic rings. The van der Waals surface area contributed by atoms with Crippen molar-refractivity contribution in [1.29, 1.82) is 0 Å². The molecule has 0 unspecified atom stereocenters. The second-order valence-corrected chi connectivity index (χ2v) is 4.88. The van der Waals surface area contributed by atoms with Crippen LogP contribution in [0.1, 0.15) is 25.0 Å². The minimum Gasteiger partial charge on any atom is -0.494 e. The van der Waals surface area contributed by atoms with Crippen LogP contribution in [0.3, 0.4) is 0 Å². The van der Waals surface area contributed by atoms with Crippen LogP contribution in [-0.2, 0) is 11.2 Å². The van der Waals surface area contributed by atoms with E-state index in [1.807, 2.05) is 55.5 Å². The van der Waals surface area contributed by atoms with E-state index in [1.165, 1.54) is 11.6 Å². The molecule has 2 aromatic rings. The molecule has 0 saturated carbocycles. The van der Waals surface area contributed by atoms with Crippen molar-refractivity contribution < 1.29 is 9.53 Å². The lowest BCUT2D eigenvalue weighted by molar-refractivity contribution is -0.111. The van der Waals surface area contributed by atoms with E-state index >= 15 is 0 Å². The smallest absolute Gasteiger partial charge is 0.248 e. The highest BCUT2D eigenvalue weighted by atomic mass is 16.5. The highest BCUT2D eigenvalue weighted by Gasteiger charge is 1.98. The molecule has 0 aliphatic carbocycles. The number of carbonyl (C=O) groups excluding carboxylic acids is 1. The number of ether oxygens (including phenoxy) is 1. The van der Waals surface area contributed by atoms with E-state index < -0.39 is 0 Å². The minimum absolute atomic E-state index is 0.141. The molecule has 2 aromatic carbocycles. The monoisotopic (exact) mass is 295 g/mol. The Morgan fingerprint density at radius 1 is 1.05 bits per heavy atom. The Kier molecular flexibility index (Phi) is 5.78. The second kappa shape index (κ2) is 8.03. The van der Waals surface area contributed by atoms with Crippen LogP contribution >= 0.6 is 0 Å². The molecular formula is C19H21NO2. The highest BCUT2D eigenvalue weighted by Crippen LogP contribution is 2.13. The summed E-state index contributed by atoms with van der Waals surface area (Å²) in [6.45, 7) is 4.70. The molecule has 0 heterocycles. The van der Waals surface area contributed by atoms with E-state index in [9.17, 15) is 4.79 Å². The molecule has 0 aliphatic heterocycles. The molecule has 0 saturated heterocycles. The molecule has 114 valence electrons. The van der Waals surface area contributed by atoms with Crippen molar-refractivity contribution in [2.24, 2.45) is 0 Å². The summed E-state index contributed by atoms with van der Waals surface area (Å²) in [5.74, 6) is 0.693. The zero-order valence-electron chi connectivity index (χ0n) is 13.0. The maximum atomic E-state index is 11.9. The molecule has 0 bridgehead atoms. The van der Waals surface area contributed by atoms with Crippen LogP contribution in [0.2, 0.25) is 0 Å².